The highest BCUT2D eigenvalue weighted by Crippen LogP contribution is 2.19. The molecule has 0 heterocycles. The van der Waals surface area contributed by atoms with Crippen LogP contribution in [0.25, 0.3) is 0 Å². The third-order valence-corrected chi connectivity index (χ3v) is 2.87. The molecular formula is C16H22NO5-. The van der Waals surface area contributed by atoms with Crippen LogP contribution < -0.4 is 19.9 Å². The van der Waals surface area contributed by atoms with E-state index in [1.807, 2.05) is 6.07 Å². The Morgan fingerprint density at radius 2 is 1.82 bits per heavy atom. The predicted molar refractivity (Wildman–Crippen MR) is 79.5 cm³/mol. The average Bonchev–Trinajstić information content (AvgIpc) is 2.45. The van der Waals surface area contributed by atoms with Crippen molar-refractivity contribution in [2.75, 3.05) is 13.2 Å². The van der Waals surface area contributed by atoms with Crippen molar-refractivity contribution in [2.24, 2.45) is 5.92 Å². The van der Waals surface area contributed by atoms with E-state index in [2.05, 4.69) is 19.2 Å². The van der Waals surface area contributed by atoms with Crippen LogP contribution in [0.4, 0.5) is 0 Å². The van der Waals surface area contributed by atoms with Gasteiger partial charge in [-0.3, -0.25) is 4.79 Å². The van der Waals surface area contributed by atoms with Gasteiger partial charge in [0.05, 0.1) is 18.6 Å². The number of hydrogen-bond donors (Lipinski definition) is 1. The fourth-order valence-corrected chi connectivity index (χ4v) is 1.56. The zero-order valence-corrected chi connectivity index (χ0v) is 13.1. The Hall–Kier alpha value is -2.24. The molecule has 1 aromatic rings. The molecule has 0 aliphatic carbocycles. The minimum Gasteiger partial charge on any atom is -0.548 e. The standard InChI is InChI=1S/C16H23NO5/c1-11(2)7-8-21-13-5-4-6-14(9-13)22-10-15(18)17-12(3)16(19)20/h4-6,9,11-12H,7-8,10H2,1-3H3,(H,17,18)(H,19,20)/p-1/t12-/m1/s1. The molecule has 0 aliphatic heterocycles. The maximum Gasteiger partial charge on any atom is 0.258 e. The lowest BCUT2D eigenvalue weighted by atomic mass is 10.1. The maximum atomic E-state index is 11.5. The van der Waals surface area contributed by atoms with E-state index in [4.69, 9.17) is 9.47 Å². The quantitative estimate of drug-likeness (QED) is 0.727. The van der Waals surface area contributed by atoms with Crippen molar-refractivity contribution in [3.05, 3.63) is 24.3 Å². The van der Waals surface area contributed by atoms with Gasteiger partial charge in [-0.25, -0.2) is 0 Å². The molecule has 6 nitrogen and oxygen atoms in total. The first-order valence-corrected chi connectivity index (χ1v) is 7.24. The third kappa shape index (κ3) is 6.97. The Bertz CT molecular complexity index is 501. The number of carboxylic acids is 1. The molecule has 0 saturated heterocycles. The zero-order valence-electron chi connectivity index (χ0n) is 13.1. The van der Waals surface area contributed by atoms with Crippen LogP contribution >= 0.6 is 0 Å². The summed E-state index contributed by atoms with van der Waals surface area (Å²) < 4.78 is 10.9. The molecule has 1 amide bonds. The summed E-state index contributed by atoms with van der Waals surface area (Å²) >= 11 is 0. The van der Waals surface area contributed by atoms with E-state index < -0.39 is 17.9 Å². The van der Waals surface area contributed by atoms with E-state index in [-0.39, 0.29) is 6.61 Å². The maximum absolute atomic E-state index is 11.5. The van der Waals surface area contributed by atoms with Crippen LogP contribution in [0.15, 0.2) is 24.3 Å². The van der Waals surface area contributed by atoms with Gasteiger partial charge in [0.15, 0.2) is 6.61 Å². The largest absolute Gasteiger partial charge is 0.548 e. The van der Waals surface area contributed by atoms with Crippen LogP contribution in [0.1, 0.15) is 27.2 Å². The van der Waals surface area contributed by atoms with Crippen molar-refractivity contribution in [2.45, 2.75) is 33.2 Å². The van der Waals surface area contributed by atoms with Crippen molar-refractivity contribution in [1.29, 1.82) is 0 Å². The molecule has 1 atom stereocenters. The molecule has 0 unspecified atom stereocenters. The molecule has 1 N–H and O–H groups in total. The summed E-state index contributed by atoms with van der Waals surface area (Å²) in [6.45, 7) is 5.92. The van der Waals surface area contributed by atoms with Crippen molar-refractivity contribution in [1.82, 2.24) is 5.32 Å². The van der Waals surface area contributed by atoms with Crippen molar-refractivity contribution in [3.63, 3.8) is 0 Å². The third-order valence-electron chi connectivity index (χ3n) is 2.87. The van der Waals surface area contributed by atoms with Gasteiger partial charge in [0.2, 0.25) is 0 Å². The second-order valence-electron chi connectivity index (χ2n) is 5.40. The number of carbonyl (C=O) groups is 2. The van der Waals surface area contributed by atoms with Crippen LogP contribution in [0.2, 0.25) is 0 Å². The van der Waals surface area contributed by atoms with Crippen LogP contribution in [0.3, 0.4) is 0 Å². The predicted octanol–water partition coefficient (Wildman–Crippen LogP) is 0.745. The lowest BCUT2D eigenvalue weighted by molar-refractivity contribution is -0.307. The minimum absolute atomic E-state index is 0.271. The number of carboxylic acid groups (broad SMARTS) is 1. The Morgan fingerprint density at radius 1 is 1.18 bits per heavy atom. The summed E-state index contributed by atoms with van der Waals surface area (Å²) in [4.78, 5) is 22.0. The number of ether oxygens (including phenoxy) is 2. The summed E-state index contributed by atoms with van der Waals surface area (Å²) in [5.74, 6) is -0.148. The average molecular weight is 308 g/mol. The highest BCUT2D eigenvalue weighted by Gasteiger charge is 2.09. The van der Waals surface area contributed by atoms with Gasteiger partial charge >= 0.3 is 0 Å². The van der Waals surface area contributed by atoms with Crippen LogP contribution in [-0.2, 0) is 9.59 Å². The summed E-state index contributed by atoms with van der Waals surface area (Å²) in [5, 5.41) is 12.8. The molecule has 0 aliphatic rings. The second-order valence-corrected chi connectivity index (χ2v) is 5.40. The first-order valence-electron chi connectivity index (χ1n) is 7.24. The summed E-state index contributed by atoms with van der Waals surface area (Å²) in [5.41, 5.74) is 0. The molecular weight excluding hydrogens is 286 g/mol. The molecule has 1 aromatic carbocycles. The molecule has 6 heteroatoms. The van der Waals surface area contributed by atoms with Gasteiger partial charge in [-0.2, -0.15) is 0 Å². The smallest absolute Gasteiger partial charge is 0.258 e. The topological polar surface area (TPSA) is 87.7 Å². The Kier molecular flexibility index (Phi) is 7.22. The molecule has 0 aromatic heterocycles. The number of rotatable bonds is 9. The van der Waals surface area contributed by atoms with Crippen molar-refractivity contribution in [3.8, 4) is 11.5 Å². The first-order chi connectivity index (χ1) is 10.4. The fraction of sp³-hybridized carbons (Fsp3) is 0.500. The van der Waals surface area contributed by atoms with Gasteiger partial charge in [-0.15, -0.1) is 0 Å². The molecule has 0 bridgehead atoms. The molecule has 122 valence electrons. The van der Waals surface area contributed by atoms with Crippen LogP contribution in [-0.4, -0.2) is 31.1 Å². The van der Waals surface area contributed by atoms with Crippen LogP contribution in [0.5, 0.6) is 11.5 Å². The molecule has 0 spiro atoms. The summed E-state index contributed by atoms with van der Waals surface area (Å²) in [7, 11) is 0. The van der Waals surface area contributed by atoms with E-state index in [0.29, 0.717) is 24.0 Å². The highest BCUT2D eigenvalue weighted by molar-refractivity contribution is 5.83. The van der Waals surface area contributed by atoms with Crippen LogP contribution in [0, 0.1) is 5.92 Å². The van der Waals surface area contributed by atoms with E-state index in [0.717, 1.165) is 6.42 Å². The van der Waals surface area contributed by atoms with E-state index >= 15 is 0 Å². The second kappa shape index (κ2) is 8.92. The summed E-state index contributed by atoms with van der Waals surface area (Å²) in [6.07, 6.45) is 0.953. The Balaban J connectivity index is 2.42. The number of carbonyl (C=O) groups excluding carboxylic acids is 2. The van der Waals surface area contributed by atoms with Gasteiger partial charge < -0.3 is 24.7 Å². The van der Waals surface area contributed by atoms with E-state index in [1.165, 1.54) is 6.92 Å². The van der Waals surface area contributed by atoms with Gasteiger partial charge in [-0.1, -0.05) is 19.9 Å². The van der Waals surface area contributed by atoms with Crippen molar-refractivity contribution < 1.29 is 24.2 Å². The number of aliphatic carboxylic acids is 1. The van der Waals surface area contributed by atoms with E-state index in [9.17, 15) is 14.7 Å². The first kappa shape index (κ1) is 17.8. The number of hydrogen-bond acceptors (Lipinski definition) is 5. The van der Waals surface area contributed by atoms with Crippen molar-refractivity contribution >= 4 is 11.9 Å². The zero-order chi connectivity index (χ0) is 16.5. The van der Waals surface area contributed by atoms with E-state index in [1.54, 1.807) is 18.2 Å². The molecule has 22 heavy (non-hydrogen) atoms. The number of amides is 1. The number of nitrogens with one attached hydrogen (secondary N) is 1. The summed E-state index contributed by atoms with van der Waals surface area (Å²) in [6, 6.07) is 5.91. The molecule has 0 saturated carbocycles. The number of benzene rings is 1. The van der Waals surface area contributed by atoms with Gasteiger partial charge in [-0.05, 0) is 31.4 Å². The molecule has 0 radical (unpaired) electrons. The highest BCUT2D eigenvalue weighted by atomic mass is 16.5. The lowest BCUT2D eigenvalue weighted by Gasteiger charge is -2.15. The monoisotopic (exact) mass is 308 g/mol. The van der Waals surface area contributed by atoms with Gasteiger partial charge in [0.25, 0.3) is 5.91 Å². The van der Waals surface area contributed by atoms with Gasteiger partial charge in [0.1, 0.15) is 11.5 Å². The van der Waals surface area contributed by atoms with Gasteiger partial charge in [0, 0.05) is 6.07 Å². The Labute approximate surface area is 130 Å². The fourth-order valence-electron chi connectivity index (χ4n) is 1.56. The Morgan fingerprint density at radius 3 is 2.41 bits per heavy atom. The normalized spacial score (nSPS) is 11.8. The lowest BCUT2D eigenvalue weighted by Crippen LogP contribution is -2.47. The minimum atomic E-state index is -1.34. The SMILES string of the molecule is CC(C)CCOc1cccc(OCC(=O)N[C@H](C)C(=O)[O-])c1. The molecule has 1 rings (SSSR count). The molecule has 0 fully saturated rings.